The fraction of sp³-hybridized carbons (Fsp3) is 0.800. The van der Waals surface area contributed by atoms with Crippen molar-refractivity contribution in [3.63, 3.8) is 0 Å². The monoisotopic (exact) mass is 246 g/mol. The molecule has 7 nitrogen and oxygen atoms in total. The second-order valence-electron chi connectivity index (χ2n) is 4.32. The van der Waals surface area contributed by atoms with Gasteiger partial charge in [0, 0.05) is 20.0 Å². The van der Waals surface area contributed by atoms with Crippen molar-refractivity contribution in [3.8, 4) is 0 Å². The normalized spacial score (nSPS) is 25.8. The summed E-state index contributed by atoms with van der Waals surface area (Å²) in [4.78, 5) is 25.3. The summed E-state index contributed by atoms with van der Waals surface area (Å²) < 4.78 is 0. The van der Waals surface area contributed by atoms with Gasteiger partial charge in [0.05, 0.1) is 18.8 Å². The van der Waals surface area contributed by atoms with Gasteiger partial charge in [-0.15, -0.1) is 0 Å². The number of carbonyl (C=O) groups is 2. The van der Waals surface area contributed by atoms with Crippen molar-refractivity contribution >= 4 is 12.0 Å². The summed E-state index contributed by atoms with van der Waals surface area (Å²) in [6.45, 7) is 1.47. The number of aliphatic carboxylic acids is 1. The molecule has 1 aliphatic heterocycles. The molecule has 3 N–H and O–H groups in total. The summed E-state index contributed by atoms with van der Waals surface area (Å²) in [6, 6.07) is -1.88. The summed E-state index contributed by atoms with van der Waals surface area (Å²) in [5, 5.41) is 27.3. The van der Waals surface area contributed by atoms with Gasteiger partial charge in [-0.1, -0.05) is 0 Å². The van der Waals surface area contributed by atoms with Gasteiger partial charge in [0.25, 0.3) is 0 Å². The predicted octanol–water partition coefficient (Wildman–Crippen LogP) is -1.06. The van der Waals surface area contributed by atoms with E-state index in [0.29, 0.717) is 0 Å². The average molecular weight is 246 g/mol. The Morgan fingerprint density at radius 1 is 1.53 bits per heavy atom. The number of aliphatic hydroxyl groups is 2. The molecule has 0 aromatic heterocycles. The van der Waals surface area contributed by atoms with E-state index < -0.39 is 30.2 Å². The van der Waals surface area contributed by atoms with Crippen molar-refractivity contribution in [1.82, 2.24) is 9.80 Å². The van der Waals surface area contributed by atoms with Gasteiger partial charge in [-0.25, -0.2) is 9.59 Å². The van der Waals surface area contributed by atoms with Gasteiger partial charge in [-0.3, -0.25) is 0 Å². The highest BCUT2D eigenvalue weighted by atomic mass is 16.4. The molecule has 2 amide bonds. The third kappa shape index (κ3) is 2.86. The maximum Gasteiger partial charge on any atom is 0.326 e. The first kappa shape index (κ1) is 13.7. The average Bonchev–Trinajstić information content (AvgIpc) is 2.68. The van der Waals surface area contributed by atoms with Gasteiger partial charge in [0.15, 0.2) is 0 Å². The molecule has 0 spiro atoms. The Bertz CT molecular complexity index is 309. The topological polar surface area (TPSA) is 101 Å². The maximum atomic E-state index is 12.0. The Kier molecular flexibility index (Phi) is 4.30. The molecule has 1 heterocycles. The molecule has 0 saturated carbocycles. The Morgan fingerprint density at radius 3 is 2.59 bits per heavy atom. The molecule has 0 bridgehead atoms. The van der Waals surface area contributed by atoms with Crippen LogP contribution in [0.5, 0.6) is 0 Å². The molecular weight excluding hydrogens is 228 g/mol. The lowest BCUT2D eigenvalue weighted by atomic mass is 10.2. The molecular formula is C10H18N2O5. The van der Waals surface area contributed by atoms with Crippen LogP contribution in [-0.4, -0.2) is 75.5 Å². The van der Waals surface area contributed by atoms with Crippen molar-refractivity contribution in [1.29, 1.82) is 0 Å². The largest absolute Gasteiger partial charge is 0.480 e. The standard InChI is InChI=1S/C10H18N2O5/c1-6(5-13)11(2)10(17)12-4-7(14)3-8(12)9(15)16/h6-8,13-14H,3-5H2,1-2H3,(H,15,16)/t6?,7?,8-/m0/s1. The highest BCUT2D eigenvalue weighted by Crippen LogP contribution is 2.20. The van der Waals surface area contributed by atoms with E-state index in [1.165, 1.54) is 11.9 Å². The van der Waals surface area contributed by atoms with Crippen LogP contribution in [-0.2, 0) is 4.79 Å². The van der Waals surface area contributed by atoms with Crippen molar-refractivity contribution < 1.29 is 24.9 Å². The van der Waals surface area contributed by atoms with Crippen LogP contribution in [0.2, 0.25) is 0 Å². The second kappa shape index (κ2) is 5.33. The molecule has 1 fully saturated rings. The maximum absolute atomic E-state index is 12.0. The summed E-state index contributed by atoms with van der Waals surface area (Å²) >= 11 is 0. The number of rotatable bonds is 3. The minimum Gasteiger partial charge on any atom is -0.480 e. The summed E-state index contributed by atoms with van der Waals surface area (Å²) in [5.74, 6) is -1.13. The zero-order valence-corrected chi connectivity index (χ0v) is 9.91. The fourth-order valence-electron chi connectivity index (χ4n) is 1.77. The van der Waals surface area contributed by atoms with Crippen LogP contribution in [0.25, 0.3) is 0 Å². The molecule has 0 aliphatic carbocycles. The number of hydrogen-bond acceptors (Lipinski definition) is 4. The molecule has 0 radical (unpaired) electrons. The van der Waals surface area contributed by atoms with E-state index >= 15 is 0 Å². The molecule has 1 saturated heterocycles. The van der Waals surface area contributed by atoms with Gasteiger partial charge in [-0.05, 0) is 6.92 Å². The van der Waals surface area contributed by atoms with E-state index in [-0.39, 0.29) is 19.6 Å². The van der Waals surface area contributed by atoms with E-state index in [4.69, 9.17) is 10.2 Å². The highest BCUT2D eigenvalue weighted by Gasteiger charge is 2.40. The second-order valence-corrected chi connectivity index (χ2v) is 4.32. The molecule has 0 aromatic carbocycles. The van der Waals surface area contributed by atoms with Crippen molar-refractivity contribution in [2.45, 2.75) is 31.5 Å². The minimum atomic E-state index is -1.13. The molecule has 2 unspecified atom stereocenters. The number of aliphatic hydroxyl groups excluding tert-OH is 2. The van der Waals surface area contributed by atoms with Crippen molar-refractivity contribution in [2.24, 2.45) is 0 Å². The van der Waals surface area contributed by atoms with Crippen LogP contribution >= 0.6 is 0 Å². The Morgan fingerprint density at radius 2 is 2.12 bits per heavy atom. The summed E-state index contributed by atoms with van der Waals surface area (Å²) in [6.07, 6.45) is -0.763. The van der Waals surface area contributed by atoms with Gasteiger partial charge >= 0.3 is 12.0 Å². The van der Waals surface area contributed by atoms with Crippen molar-refractivity contribution in [3.05, 3.63) is 0 Å². The molecule has 98 valence electrons. The third-order valence-electron chi connectivity index (χ3n) is 3.04. The van der Waals surface area contributed by atoms with Gasteiger partial charge < -0.3 is 25.1 Å². The molecule has 7 heteroatoms. The first-order valence-corrected chi connectivity index (χ1v) is 5.43. The van der Waals surface area contributed by atoms with Gasteiger partial charge in [0.1, 0.15) is 6.04 Å². The van der Waals surface area contributed by atoms with E-state index in [1.54, 1.807) is 6.92 Å². The van der Waals surface area contributed by atoms with Crippen LogP contribution < -0.4 is 0 Å². The zero-order valence-electron chi connectivity index (χ0n) is 9.91. The first-order chi connectivity index (χ1) is 7.88. The van der Waals surface area contributed by atoms with Crippen LogP contribution in [0.3, 0.4) is 0 Å². The lowest BCUT2D eigenvalue weighted by molar-refractivity contribution is -0.141. The van der Waals surface area contributed by atoms with Crippen LogP contribution in [0.15, 0.2) is 0 Å². The zero-order chi connectivity index (χ0) is 13.2. The summed E-state index contributed by atoms with van der Waals surface area (Å²) in [5.41, 5.74) is 0. The van der Waals surface area contributed by atoms with E-state index in [0.717, 1.165) is 4.90 Å². The fourth-order valence-corrected chi connectivity index (χ4v) is 1.77. The first-order valence-electron chi connectivity index (χ1n) is 5.43. The molecule has 1 rings (SSSR count). The predicted molar refractivity (Wildman–Crippen MR) is 58.5 cm³/mol. The van der Waals surface area contributed by atoms with E-state index in [9.17, 15) is 14.7 Å². The van der Waals surface area contributed by atoms with Crippen LogP contribution in [0, 0.1) is 0 Å². The van der Waals surface area contributed by atoms with Crippen molar-refractivity contribution in [2.75, 3.05) is 20.2 Å². The Hall–Kier alpha value is -1.34. The number of urea groups is 1. The Labute approximate surface area is 99.2 Å². The van der Waals surface area contributed by atoms with Gasteiger partial charge in [-0.2, -0.15) is 0 Å². The van der Waals surface area contributed by atoms with E-state index in [2.05, 4.69) is 0 Å². The summed E-state index contributed by atoms with van der Waals surface area (Å²) in [7, 11) is 1.49. The molecule has 0 aromatic rings. The number of likely N-dealkylation sites (N-methyl/N-ethyl adjacent to an activating group) is 1. The lowest BCUT2D eigenvalue weighted by Gasteiger charge is -2.30. The number of carboxylic acids is 1. The number of nitrogens with zero attached hydrogens (tertiary/aromatic N) is 2. The number of β-amino-alcohol motifs (C(OH)–C–C–N with tert-alkyl or cyclic N) is 1. The molecule has 1 aliphatic rings. The molecule has 3 atom stereocenters. The van der Waals surface area contributed by atoms with Gasteiger partial charge in [0.2, 0.25) is 0 Å². The lowest BCUT2D eigenvalue weighted by Crippen LogP contribution is -2.50. The van der Waals surface area contributed by atoms with E-state index in [1.807, 2.05) is 0 Å². The number of carboxylic acid groups (broad SMARTS) is 1. The number of amides is 2. The van der Waals surface area contributed by atoms with Crippen LogP contribution in [0.1, 0.15) is 13.3 Å². The number of hydrogen-bond donors (Lipinski definition) is 3. The minimum absolute atomic E-state index is 0.0122. The third-order valence-corrected chi connectivity index (χ3v) is 3.04. The highest BCUT2D eigenvalue weighted by molar-refractivity contribution is 5.83. The van der Waals surface area contributed by atoms with Crippen LogP contribution in [0.4, 0.5) is 4.79 Å². The quantitative estimate of drug-likeness (QED) is 0.589. The number of likely N-dealkylation sites (tertiary alicyclic amines) is 1. The SMILES string of the molecule is CC(CO)N(C)C(=O)N1CC(O)C[C@H]1C(=O)O. The smallest absolute Gasteiger partial charge is 0.326 e. The number of carbonyl (C=O) groups excluding carboxylic acids is 1. The Balaban J connectivity index is 2.77. The molecule has 17 heavy (non-hydrogen) atoms.